The van der Waals surface area contributed by atoms with Crippen LogP contribution in [0.1, 0.15) is 32.1 Å². The molecule has 7 nitrogen and oxygen atoms in total. The van der Waals surface area contributed by atoms with Gasteiger partial charge in [-0.3, -0.25) is 14.9 Å². The predicted molar refractivity (Wildman–Crippen MR) is 113 cm³/mol. The maximum absolute atomic E-state index is 13.5. The molecular formula is C22H29ClFN3O4. The Bertz CT molecular complexity index is 820. The van der Waals surface area contributed by atoms with E-state index >= 15 is 0 Å². The van der Waals surface area contributed by atoms with E-state index in [2.05, 4.69) is 16.0 Å². The molecule has 3 saturated carbocycles. The van der Waals surface area contributed by atoms with E-state index in [9.17, 15) is 14.0 Å². The molecule has 4 fully saturated rings. The minimum absolute atomic E-state index is 0.0162. The molecule has 9 heteroatoms. The number of methoxy groups -OCH3 is 1. The molecule has 1 aromatic carbocycles. The Morgan fingerprint density at radius 3 is 2.71 bits per heavy atom. The monoisotopic (exact) mass is 453 g/mol. The lowest BCUT2D eigenvalue weighted by molar-refractivity contribution is -0.147. The molecule has 1 heterocycles. The first-order valence-corrected chi connectivity index (χ1v) is 11.2. The number of rotatable bonds is 7. The van der Waals surface area contributed by atoms with E-state index in [0.29, 0.717) is 18.3 Å². The van der Waals surface area contributed by atoms with E-state index in [4.69, 9.17) is 21.1 Å². The molecule has 0 spiro atoms. The fraction of sp³-hybridized carbons (Fsp3) is 0.636. The van der Waals surface area contributed by atoms with E-state index in [1.165, 1.54) is 25.3 Å². The molecular weight excluding hydrogens is 425 g/mol. The summed E-state index contributed by atoms with van der Waals surface area (Å²) in [5, 5.41) is 10.2. The Morgan fingerprint density at radius 2 is 1.97 bits per heavy atom. The number of amides is 1. The summed E-state index contributed by atoms with van der Waals surface area (Å²) in [4.78, 5) is 24.3. The van der Waals surface area contributed by atoms with Crippen LogP contribution in [0.25, 0.3) is 0 Å². The molecule has 4 unspecified atom stereocenters. The molecule has 3 aliphatic carbocycles. The van der Waals surface area contributed by atoms with Gasteiger partial charge in [0.1, 0.15) is 11.6 Å². The van der Waals surface area contributed by atoms with Gasteiger partial charge in [-0.1, -0.05) is 11.6 Å². The summed E-state index contributed by atoms with van der Waals surface area (Å²) < 4.78 is 23.8. The van der Waals surface area contributed by atoms with Crippen molar-refractivity contribution in [3.05, 3.63) is 29.0 Å². The van der Waals surface area contributed by atoms with E-state index in [0.717, 1.165) is 32.2 Å². The third-order valence-corrected chi connectivity index (χ3v) is 7.12. The molecule has 170 valence electrons. The summed E-state index contributed by atoms with van der Waals surface area (Å²) in [6, 6.07) is 4.48. The Morgan fingerprint density at radius 1 is 1.19 bits per heavy atom. The van der Waals surface area contributed by atoms with Gasteiger partial charge in [-0.2, -0.15) is 0 Å². The number of carbonyl (C=O) groups is 2. The summed E-state index contributed by atoms with van der Waals surface area (Å²) >= 11 is 5.66. The van der Waals surface area contributed by atoms with Gasteiger partial charge in [0.2, 0.25) is 0 Å². The van der Waals surface area contributed by atoms with Crippen molar-refractivity contribution in [2.24, 2.45) is 17.8 Å². The van der Waals surface area contributed by atoms with Crippen molar-refractivity contribution >= 4 is 23.5 Å². The van der Waals surface area contributed by atoms with Crippen molar-refractivity contribution in [2.75, 3.05) is 20.3 Å². The molecule has 1 amide bonds. The van der Waals surface area contributed by atoms with Crippen molar-refractivity contribution in [3.8, 4) is 5.75 Å². The first-order valence-electron chi connectivity index (χ1n) is 10.9. The Labute approximate surface area is 186 Å². The number of hydrogen-bond donors (Lipinski definition) is 3. The smallest absolute Gasteiger partial charge is 0.308 e. The third-order valence-electron chi connectivity index (χ3n) is 6.82. The molecule has 4 atom stereocenters. The van der Waals surface area contributed by atoms with Crippen LogP contribution >= 0.6 is 11.6 Å². The number of piperidine rings is 1. The molecule has 1 saturated heterocycles. The van der Waals surface area contributed by atoms with Crippen molar-refractivity contribution < 1.29 is 23.5 Å². The SMILES string of the molecule is COC(=O)C1CCNC(NC2CC(NC(=O)COc3ccc(Cl)c(F)c3)C3CC2C3)C1. The average molecular weight is 454 g/mol. The molecule has 5 rings (SSSR count). The van der Waals surface area contributed by atoms with Crippen LogP contribution in [0.4, 0.5) is 4.39 Å². The zero-order valence-electron chi connectivity index (χ0n) is 17.5. The number of carbonyl (C=O) groups excluding carboxylic acids is 2. The van der Waals surface area contributed by atoms with E-state index in [1.807, 2.05) is 0 Å². The van der Waals surface area contributed by atoms with Crippen LogP contribution in [0.15, 0.2) is 18.2 Å². The lowest BCUT2D eigenvalue weighted by atomic mass is 9.60. The molecule has 2 bridgehead atoms. The Balaban J connectivity index is 1.26. The van der Waals surface area contributed by atoms with Crippen LogP contribution in [0.5, 0.6) is 5.75 Å². The fourth-order valence-corrected chi connectivity index (χ4v) is 5.17. The van der Waals surface area contributed by atoms with Crippen LogP contribution in [0.3, 0.4) is 0 Å². The van der Waals surface area contributed by atoms with Gasteiger partial charge >= 0.3 is 5.97 Å². The number of esters is 1. The summed E-state index contributed by atoms with van der Waals surface area (Å²) in [6.45, 7) is 0.608. The van der Waals surface area contributed by atoms with Crippen LogP contribution in [0.2, 0.25) is 5.02 Å². The number of halogens is 2. The van der Waals surface area contributed by atoms with E-state index < -0.39 is 5.82 Å². The van der Waals surface area contributed by atoms with Crippen LogP contribution < -0.4 is 20.7 Å². The number of fused-ring (bicyclic) bond motifs is 2. The van der Waals surface area contributed by atoms with Gasteiger partial charge in [0.05, 0.1) is 24.2 Å². The second-order valence-electron chi connectivity index (χ2n) is 8.79. The second-order valence-corrected chi connectivity index (χ2v) is 9.20. The fourth-order valence-electron chi connectivity index (χ4n) is 5.05. The van der Waals surface area contributed by atoms with E-state index in [1.54, 1.807) is 0 Å². The highest BCUT2D eigenvalue weighted by Crippen LogP contribution is 2.46. The summed E-state index contributed by atoms with van der Waals surface area (Å²) in [5.41, 5.74) is 0. The molecule has 1 aliphatic heterocycles. The van der Waals surface area contributed by atoms with Gasteiger partial charge in [-0.25, -0.2) is 4.39 Å². The average Bonchev–Trinajstić information content (AvgIpc) is 2.73. The topological polar surface area (TPSA) is 88.7 Å². The van der Waals surface area contributed by atoms with Gasteiger partial charge in [-0.15, -0.1) is 0 Å². The summed E-state index contributed by atoms with van der Waals surface area (Å²) in [5.74, 6) is 0.345. The molecule has 4 aliphatic rings. The highest BCUT2D eigenvalue weighted by atomic mass is 35.5. The molecule has 0 aromatic heterocycles. The quantitative estimate of drug-likeness (QED) is 0.549. The second kappa shape index (κ2) is 9.71. The third kappa shape index (κ3) is 5.30. The van der Waals surface area contributed by atoms with Gasteiger partial charge in [0.15, 0.2) is 6.61 Å². The normalized spacial score (nSPS) is 32.0. The van der Waals surface area contributed by atoms with Crippen molar-refractivity contribution in [1.82, 2.24) is 16.0 Å². The lowest BCUT2D eigenvalue weighted by Crippen LogP contribution is -2.63. The van der Waals surface area contributed by atoms with E-state index in [-0.39, 0.29) is 53.4 Å². The minimum Gasteiger partial charge on any atom is -0.484 e. The molecule has 3 N–H and O–H groups in total. The zero-order valence-corrected chi connectivity index (χ0v) is 18.3. The van der Waals surface area contributed by atoms with Crippen LogP contribution in [0, 0.1) is 23.6 Å². The van der Waals surface area contributed by atoms with Crippen molar-refractivity contribution in [2.45, 2.75) is 50.4 Å². The summed E-state index contributed by atoms with van der Waals surface area (Å²) in [6.07, 6.45) is 4.58. The maximum atomic E-state index is 13.5. The molecule has 1 aromatic rings. The number of nitrogens with one attached hydrogen (secondary N) is 3. The number of ether oxygens (including phenoxy) is 2. The predicted octanol–water partition coefficient (Wildman–Crippen LogP) is 2.23. The first-order chi connectivity index (χ1) is 14.9. The van der Waals surface area contributed by atoms with Gasteiger partial charge < -0.3 is 20.1 Å². The van der Waals surface area contributed by atoms with Gasteiger partial charge in [0.25, 0.3) is 5.91 Å². The van der Waals surface area contributed by atoms with Crippen LogP contribution in [-0.4, -0.2) is 50.4 Å². The summed E-state index contributed by atoms with van der Waals surface area (Å²) in [7, 11) is 1.43. The van der Waals surface area contributed by atoms with Gasteiger partial charge in [-0.05, 0) is 62.6 Å². The van der Waals surface area contributed by atoms with Gasteiger partial charge in [0, 0.05) is 18.2 Å². The number of hydrogen-bond acceptors (Lipinski definition) is 6. The maximum Gasteiger partial charge on any atom is 0.308 e. The highest BCUT2D eigenvalue weighted by molar-refractivity contribution is 6.30. The standard InChI is InChI=1S/C22H29ClFN3O4/c1-30-22(29)12-4-5-25-20(8-12)26-18-10-19(14-6-13(18)7-14)27-21(28)11-31-15-2-3-16(23)17(24)9-15/h2-3,9,12-14,18-20,25-26H,4-8,10-11H2,1H3,(H,27,28). The number of benzene rings is 1. The molecule has 0 radical (unpaired) electrons. The van der Waals surface area contributed by atoms with Crippen LogP contribution in [-0.2, 0) is 14.3 Å². The van der Waals surface area contributed by atoms with Crippen molar-refractivity contribution in [3.63, 3.8) is 0 Å². The molecule has 31 heavy (non-hydrogen) atoms. The Kier molecular flexibility index (Phi) is 6.99. The Hall–Kier alpha value is -1.90. The minimum atomic E-state index is -0.577. The zero-order chi connectivity index (χ0) is 22.0. The first kappa shape index (κ1) is 22.3. The largest absolute Gasteiger partial charge is 0.484 e. The van der Waals surface area contributed by atoms with Crippen molar-refractivity contribution in [1.29, 1.82) is 0 Å². The lowest BCUT2D eigenvalue weighted by Gasteiger charge is -2.52. The highest BCUT2D eigenvalue weighted by Gasteiger charge is 2.47.